The maximum absolute atomic E-state index is 13.5. The zero-order valence-electron chi connectivity index (χ0n) is 13.7. The van der Waals surface area contributed by atoms with Crippen molar-refractivity contribution in [2.75, 3.05) is 12.8 Å². The highest BCUT2D eigenvalue weighted by molar-refractivity contribution is 7.90. The van der Waals surface area contributed by atoms with Crippen molar-refractivity contribution in [1.82, 2.24) is 19.9 Å². The monoisotopic (exact) mass is 360 g/mol. The molecule has 0 aliphatic carbocycles. The second-order valence-corrected chi connectivity index (χ2v) is 8.27. The summed E-state index contributed by atoms with van der Waals surface area (Å²) in [6, 6.07) is 4.72. The van der Waals surface area contributed by atoms with Crippen molar-refractivity contribution in [3.8, 4) is 0 Å². The van der Waals surface area contributed by atoms with E-state index in [-0.39, 0.29) is 11.0 Å². The number of hydrogen-bond acceptors (Lipinski definition) is 5. The van der Waals surface area contributed by atoms with Crippen LogP contribution in [0.25, 0.3) is 10.9 Å². The maximum Gasteiger partial charge on any atom is 0.246 e. The van der Waals surface area contributed by atoms with Gasteiger partial charge < -0.3 is 4.98 Å². The normalized spacial score (nSPS) is 15.4. The zero-order valence-corrected chi connectivity index (χ0v) is 14.5. The number of nitrogens with zero attached hydrogens (tertiary/aromatic N) is 3. The Bertz CT molecular complexity index is 1060. The van der Waals surface area contributed by atoms with Crippen molar-refractivity contribution in [1.29, 1.82) is 0 Å². The molecule has 0 radical (unpaired) electrons. The summed E-state index contributed by atoms with van der Waals surface area (Å²) in [6.07, 6.45) is 5.28. The van der Waals surface area contributed by atoms with Crippen molar-refractivity contribution in [2.24, 2.45) is 0 Å². The van der Waals surface area contributed by atoms with E-state index in [1.165, 1.54) is 6.07 Å². The zero-order chi connectivity index (χ0) is 17.6. The van der Waals surface area contributed by atoms with E-state index >= 15 is 0 Å². The molecule has 0 fully saturated rings. The molecule has 0 unspecified atom stereocenters. The summed E-state index contributed by atoms with van der Waals surface area (Å²) in [4.78, 5) is 13.6. The van der Waals surface area contributed by atoms with E-state index in [0.29, 0.717) is 19.5 Å². The molecule has 0 atom stereocenters. The predicted molar refractivity (Wildman–Crippen MR) is 91.2 cm³/mol. The number of benzene rings is 1. The summed E-state index contributed by atoms with van der Waals surface area (Å²) in [5.74, 6) is -0.251. The number of aromatic nitrogens is 3. The molecule has 1 aliphatic heterocycles. The Kier molecular flexibility index (Phi) is 3.81. The SMILES string of the molecule is CS(=O)(=O)c1ncc2c(n1)CCN(Cc1c[nH]c3ccc(F)cc13)C2. The first-order chi connectivity index (χ1) is 11.9. The van der Waals surface area contributed by atoms with Crippen molar-refractivity contribution >= 4 is 20.7 Å². The van der Waals surface area contributed by atoms with Crippen LogP contribution in [-0.2, 0) is 29.3 Å². The summed E-state index contributed by atoms with van der Waals surface area (Å²) < 4.78 is 36.7. The van der Waals surface area contributed by atoms with E-state index in [4.69, 9.17) is 0 Å². The Morgan fingerprint density at radius 3 is 3.00 bits per heavy atom. The van der Waals surface area contributed by atoms with E-state index in [1.807, 2.05) is 6.20 Å². The molecule has 1 aliphatic rings. The molecule has 130 valence electrons. The number of H-pyrrole nitrogens is 1. The van der Waals surface area contributed by atoms with Crippen LogP contribution in [0.5, 0.6) is 0 Å². The Hall–Kier alpha value is -2.32. The lowest BCUT2D eigenvalue weighted by atomic mass is 10.1. The van der Waals surface area contributed by atoms with E-state index < -0.39 is 9.84 Å². The molecule has 0 saturated carbocycles. The molecule has 1 N–H and O–H groups in total. The molecular formula is C17H17FN4O2S. The number of fused-ring (bicyclic) bond motifs is 2. The average molecular weight is 360 g/mol. The molecule has 2 aromatic heterocycles. The molecule has 3 aromatic rings. The van der Waals surface area contributed by atoms with Crippen LogP contribution in [0.4, 0.5) is 4.39 Å². The van der Waals surface area contributed by atoms with Gasteiger partial charge in [0.15, 0.2) is 0 Å². The third-order valence-electron chi connectivity index (χ3n) is 4.45. The fraction of sp³-hybridized carbons (Fsp3) is 0.294. The summed E-state index contributed by atoms with van der Waals surface area (Å²) >= 11 is 0. The lowest BCUT2D eigenvalue weighted by Crippen LogP contribution is -2.31. The molecule has 6 nitrogen and oxygen atoms in total. The average Bonchev–Trinajstić information content (AvgIpc) is 2.95. The fourth-order valence-electron chi connectivity index (χ4n) is 3.19. The van der Waals surface area contributed by atoms with Gasteiger partial charge in [0.25, 0.3) is 0 Å². The number of nitrogens with one attached hydrogen (secondary N) is 1. The van der Waals surface area contributed by atoms with Crippen LogP contribution in [0.1, 0.15) is 16.8 Å². The van der Waals surface area contributed by atoms with Gasteiger partial charge in [0.1, 0.15) is 5.82 Å². The number of sulfone groups is 1. The van der Waals surface area contributed by atoms with Crippen LogP contribution in [0, 0.1) is 5.82 Å². The molecule has 3 heterocycles. The fourth-order valence-corrected chi connectivity index (χ4v) is 3.71. The largest absolute Gasteiger partial charge is 0.361 e. The molecule has 0 saturated heterocycles. The molecule has 25 heavy (non-hydrogen) atoms. The highest BCUT2D eigenvalue weighted by Crippen LogP contribution is 2.24. The summed E-state index contributed by atoms with van der Waals surface area (Å²) in [5.41, 5.74) is 3.67. The lowest BCUT2D eigenvalue weighted by Gasteiger charge is -2.27. The summed E-state index contributed by atoms with van der Waals surface area (Å²) in [5, 5.41) is 0.765. The van der Waals surface area contributed by atoms with E-state index in [1.54, 1.807) is 18.3 Å². The molecule has 0 amide bonds. The van der Waals surface area contributed by atoms with Crippen molar-refractivity contribution in [2.45, 2.75) is 24.7 Å². The summed E-state index contributed by atoms with van der Waals surface area (Å²) in [7, 11) is -3.39. The second kappa shape index (κ2) is 5.89. The number of rotatable bonds is 3. The van der Waals surface area contributed by atoms with Gasteiger partial charge in [0.05, 0.1) is 5.69 Å². The van der Waals surface area contributed by atoms with Crippen LogP contribution >= 0.6 is 0 Å². The molecule has 1 aromatic carbocycles. The Morgan fingerprint density at radius 2 is 2.20 bits per heavy atom. The van der Waals surface area contributed by atoms with Gasteiger partial charge in [-0.3, -0.25) is 4.90 Å². The first kappa shape index (κ1) is 16.2. The molecule has 0 spiro atoms. The van der Waals surface area contributed by atoms with E-state index in [2.05, 4.69) is 19.9 Å². The minimum atomic E-state index is -3.39. The van der Waals surface area contributed by atoms with Crippen molar-refractivity contribution < 1.29 is 12.8 Å². The van der Waals surface area contributed by atoms with Gasteiger partial charge in [-0.2, -0.15) is 0 Å². The molecule has 0 bridgehead atoms. The van der Waals surface area contributed by atoms with Gasteiger partial charge in [-0.25, -0.2) is 22.8 Å². The maximum atomic E-state index is 13.5. The first-order valence-electron chi connectivity index (χ1n) is 7.93. The van der Waals surface area contributed by atoms with Crippen molar-refractivity contribution in [3.63, 3.8) is 0 Å². The highest BCUT2D eigenvalue weighted by atomic mass is 32.2. The van der Waals surface area contributed by atoms with E-state index in [9.17, 15) is 12.8 Å². The Morgan fingerprint density at radius 1 is 1.36 bits per heavy atom. The molecular weight excluding hydrogens is 343 g/mol. The van der Waals surface area contributed by atoms with Gasteiger partial charge in [0.2, 0.25) is 15.0 Å². The third-order valence-corrected chi connectivity index (χ3v) is 5.31. The van der Waals surface area contributed by atoms with Crippen molar-refractivity contribution in [3.05, 3.63) is 53.2 Å². The van der Waals surface area contributed by atoms with Crippen LogP contribution < -0.4 is 0 Å². The van der Waals surface area contributed by atoms with Gasteiger partial charge >= 0.3 is 0 Å². The second-order valence-electron chi connectivity index (χ2n) is 6.36. The van der Waals surface area contributed by atoms with Crippen LogP contribution in [0.15, 0.2) is 35.7 Å². The topological polar surface area (TPSA) is 79.0 Å². The molecule has 8 heteroatoms. The number of hydrogen-bond donors (Lipinski definition) is 1. The minimum absolute atomic E-state index is 0.119. The van der Waals surface area contributed by atoms with E-state index in [0.717, 1.165) is 40.5 Å². The Labute approximate surface area is 144 Å². The standard InChI is InChI=1S/C17H17FN4O2S/c1-25(23,24)17-20-8-12-10-22(5-4-15(12)21-17)9-11-7-19-16-3-2-13(18)6-14(11)16/h2-3,6-8,19H,4-5,9-10H2,1H3. The minimum Gasteiger partial charge on any atom is -0.361 e. The van der Waals surface area contributed by atoms with Crippen LogP contribution in [-0.4, -0.2) is 41.1 Å². The van der Waals surface area contributed by atoms with Crippen LogP contribution in [0.2, 0.25) is 0 Å². The molecule has 4 rings (SSSR count). The van der Waals surface area contributed by atoms with Gasteiger partial charge in [0, 0.05) is 61.2 Å². The predicted octanol–water partition coefficient (Wildman–Crippen LogP) is 2.06. The van der Waals surface area contributed by atoms with Gasteiger partial charge in [-0.15, -0.1) is 0 Å². The first-order valence-corrected chi connectivity index (χ1v) is 9.82. The third kappa shape index (κ3) is 3.14. The van der Waals surface area contributed by atoms with Gasteiger partial charge in [-0.05, 0) is 23.8 Å². The quantitative estimate of drug-likeness (QED) is 0.724. The van der Waals surface area contributed by atoms with Crippen LogP contribution in [0.3, 0.4) is 0 Å². The lowest BCUT2D eigenvalue weighted by molar-refractivity contribution is 0.243. The van der Waals surface area contributed by atoms with Gasteiger partial charge in [-0.1, -0.05) is 0 Å². The number of halogens is 1. The Balaban J connectivity index is 1.57. The highest BCUT2D eigenvalue weighted by Gasteiger charge is 2.21. The smallest absolute Gasteiger partial charge is 0.246 e. The summed E-state index contributed by atoms with van der Waals surface area (Å²) in [6.45, 7) is 2.08. The number of aromatic amines is 1.